The van der Waals surface area contributed by atoms with Crippen molar-refractivity contribution in [3.8, 4) is 17.0 Å². The molecule has 0 spiro atoms. The third kappa shape index (κ3) is 5.05. The summed E-state index contributed by atoms with van der Waals surface area (Å²) in [6.07, 6.45) is 1.86. The molecular formula is C22H27IN6O. The third-order valence-electron chi connectivity index (χ3n) is 5.14. The molecule has 1 saturated heterocycles. The highest BCUT2D eigenvalue weighted by atomic mass is 127. The van der Waals surface area contributed by atoms with Crippen LogP contribution < -0.4 is 10.2 Å². The minimum Gasteiger partial charge on any atom is -0.506 e. The fraction of sp³-hybridized carbons (Fsp3) is 0.273. The molecule has 1 aliphatic heterocycles. The molecular weight excluding hydrogens is 491 g/mol. The van der Waals surface area contributed by atoms with Gasteiger partial charge in [0.05, 0.1) is 24.1 Å². The van der Waals surface area contributed by atoms with Gasteiger partial charge >= 0.3 is 0 Å². The summed E-state index contributed by atoms with van der Waals surface area (Å²) < 4.78 is 0. The van der Waals surface area contributed by atoms with Crippen LogP contribution in [0.2, 0.25) is 0 Å². The normalized spacial score (nSPS) is 14.4. The van der Waals surface area contributed by atoms with E-state index in [1.54, 1.807) is 13.1 Å². The summed E-state index contributed by atoms with van der Waals surface area (Å²) in [5.74, 6) is 2.06. The lowest BCUT2D eigenvalue weighted by atomic mass is 10.2. The van der Waals surface area contributed by atoms with Crippen molar-refractivity contribution < 1.29 is 5.11 Å². The molecule has 0 atom stereocenters. The number of benzene rings is 2. The quantitative estimate of drug-likeness (QED) is 0.281. The van der Waals surface area contributed by atoms with Gasteiger partial charge in [-0.25, -0.2) is 4.98 Å². The molecule has 8 heteroatoms. The molecule has 1 aromatic heterocycles. The van der Waals surface area contributed by atoms with Crippen LogP contribution in [0.1, 0.15) is 5.82 Å². The number of nitrogens with one attached hydrogen (secondary N) is 2. The van der Waals surface area contributed by atoms with Gasteiger partial charge in [-0.05, 0) is 17.7 Å². The maximum atomic E-state index is 10.1. The van der Waals surface area contributed by atoms with E-state index in [1.165, 1.54) is 0 Å². The number of H-pyrrole nitrogens is 1. The van der Waals surface area contributed by atoms with Gasteiger partial charge in [-0.2, -0.15) is 0 Å². The number of aliphatic imine (C=N–C) groups is 1. The average Bonchev–Trinajstić information content (AvgIpc) is 3.25. The van der Waals surface area contributed by atoms with Crippen molar-refractivity contribution in [1.82, 2.24) is 20.2 Å². The summed E-state index contributed by atoms with van der Waals surface area (Å²) in [6.45, 7) is 3.91. The highest BCUT2D eigenvalue weighted by Crippen LogP contribution is 2.27. The number of aromatic nitrogens is 2. The van der Waals surface area contributed by atoms with E-state index in [0.29, 0.717) is 12.3 Å². The van der Waals surface area contributed by atoms with E-state index < -0.39 is 0 Å². The summed E-state index contributed by atoms with van der Waals surface area (Å²) in [5.41, 5.74) is 3.02. The number of phenolic OH excluding ortho intramolecular Hbond substituents is 1. The second-order valence-corrected chi connectivity index (χ2v) is 6.97. The van der Waals surface area contributed by atoms with E-state index in [9.17, 15) is 5.11 Å². The number of para-hydroxylation sites is 2. The van der Waals surface area contributed by atoms with Gasteiger partial charge in [0.15, 0.2) is 5.96 Å². The Labute approximate surface area is 193 Å². The van der Waals surface area contributed by atoms with Crippen molar-refractivity contribution in [3.05, 3.63) is 66.6 Å². The van der Waals surface area contributed by atoms with Crippen molar-refractivity contribution in [2.75, 3.05) is 38.1 Å². The van der Waals surface area contributed by atoms with Gasteiger partial charge in [0.25, 0.3) is 0 Å². The second kappa shape index (κ2) is 10.3. The molecule has 0 saturated carbocycles. The van der Waals surface area contributed by atoms with E-state index in [2.05, 4.69) is 42.2 Å². The predicted molar refractivity (Wildman–Crippen MR) is 132 cm³/mol. The molecule has 158 valence electrons. The Bertz CT molecular complexity index is 967. The van der Waals surface area contributed by atoms with Gasteiger partial charge in [-0.3, -0.25) is 4.99 Å². The Morgan fingerprint density at radius 1 is 1.07 bits per heavy atom. The molecule has 0 unspecified atom stereocenters. The summed E-state index contributed by atoms with van der Waals surface area (Å²) in [5, 5.41) is 13.5. The smallest absolute Gasteiger partial charge is 0.194 e. The Balaban J connectivity index is 0.00000256. The molecule has 1 fully saturated rings. The average molecular weight is 518 g/mol. The molecule has 0 radical (unpaired) electrons. The molecule has 4 rings (SSSR count). The van der Waals surface area contributed by atoms with Gasteiger partial charge in [0.2, 0.25) is 0 Å². The van der Waals surface area contributed by atoms with Crippen molar-refractivity contribution in [3.63, 3.8) is 0 Å². The molecule has 2 aromatic carbocycles. The number of anilines is 1. The molecule has 3 aromatic rings. The van der Waals surface area contributed by atoms with E-state index in [-0.39, 0.29) is 24.0 Å². The van der Waals surface area contributed by atoms with Gasteiger partial charge in [0.1, 0.15) is 11.6 Å². The number of halogens is 1. The number of aromatic hydroxyl groups is 1. The van der Waals surface area contributed by atoms with Crippen LogP contribution in [0.4, 0.5) is 5.69 Å². The Kier molecular flexibility index (Phi) is 7.56. The zero-order valence-electron chi connectivity index (χ0n) is 17.0. The number of hydrogen-bond donors (Lipinski definition) is 3. The standard InChI is InChI=1S/C22H26N6O.HI/c1-23-22(25-16-21-24-15-18(26-21)17-7-3-2-4-8-17)28-13-11-27(12-14-28)19-9-5-6-10-20(19)29;/h2-10,15,29H,11-14,16H2,1H3,(H,23,25)(H,24,26);1H. The monoisotopic (exact) mass is 518 g/mol. The number of guanidine groups is 1. The first-order chi connectivity index (χ1) is 14.2. The maximum absolute atomic E-state index is 10.1. The van der Waals surface area contributed by atoms with Crippen LogP contribution in [0.15, 0.2) is 65.8 Å². The van der Waals surface area contributed by atoms with Crippen LogP contribution in [0.25, 0.3) is 11.3 Å². The first-order valence-electron chi connectivity index (χ1n) is 9.82. The summed E-state index contributed by atoms with van der Waals surface area (Å²) in [4.78, 5) is 16.7. The molecule has 30 heavy (non-hydrogen) atoms. The summed E-state index contributed by atoms with van der Waals surface area (Å²) >= 11 is 0. The molecule has 7 nitrogen and oxygen atoms in total. The Morgan fingerprint density at radius 2 is 1.77 bits per heavy atom. The Morgan fingerprint density at radius 3 is 2.47 bits per heavy atom. The minimum absolute atomic E-state index is 0. The van der Waals surface area contributed by atoms with Crippen LogP contribution in [0.5, 0.6) is 5.75 Å². The number of aromatic amines is 1. The van der Waals surface area contributed by atoms with Crippen molar-refractivity contribution in [1.29, 1.82) is 0 Å². The number of nitrogens with zero attached hydrogens (tertiary/aromatic N) is 4. The molecule has 0 aliphatic carbocycles. The maximum Gasteiger partial charge on any atom is 0.194 e. The predicted octanol–water partition coefficient (Wildman–Crippen LogP) is 3.30. The van der Waals surface area contributed by atoms with Crippen LogP contribution in [0.3, 0.4) is 0 Å². The van der Waals surface area contributed by atoms with E-state index in [1.807, 2.05) is 42.6 Å². The minimum atomic E-state index is 0. The van der Waals surface area contributed by atoms with E-state index >= 15 is 0 Å². The van der Waals surface area contributed by atoms with Gasteiger partial charge in [0, 0.05) is 33.2 Å². The van der Waals surface area contributed by atoms with E-state index in [0.717, 1.165) is 54.9 Å². The lowest BCUT2D eigenvalue weighted by Gasteiger charge is -2.37. The highest BCUT2D eigenvalue weighted by Gasteiger charge is 2.21. The lowest BCUT2D eigenvalue weighted by Crippen LogP contribution is -2.52. The van der Waals surface area contributed by atoms with Crippen molar-refractivity contribution >= 4 is 35.6 Å². The topological polar surface area (TPSA) is 79.8 Å². The van der Waals surface area contributed by atoms with Gasteiger partial charge in [-0.1, -0.05) is 42.5 Å². The fourth-order valence-electron chi connectivity index (χ4n) is 3.60. The zero-order valence-corrected chi connectivity index (χ0v) is 19.3. The highest BCUT2D eigenvalue weighted by molar-refractivity contribution is 14.0. The summed E-state index contributed by atoms with van der Waals surface area (Å²) in [6, 6.07) is 17.7. The summed E-state index contributed by atoms with van der Waals surface area (Å²) in [7, 11) is 1.80. The van der Waals surface area contributed by atoms with Crippen molar-refractivity contribution in [2.24, 2.45) is 4.99 Å². The molecule has 1 aliphatic rings. The molecule has 2 heterocycles. The van der Waals surface area contributed by atoms with Crippen LogP contribution >= 0.6 is 24.0 Å². The zero-order chi connectivity index (χ0) is 20.1. The number of rotatable bonds is 4. The first kappa shape index (κ1) is 21.9. The lowest BCUT2D eigenvalue weighted by molar-refractivity contribution is 0.369. The fourth-order valence-corrected chi connectivity index (χ4v) is 3.60. The number of phenols is 1. The molecule has 3 N–H and O–H groups in total. The second-order valence-electron chi connectivity index (χ2n) is 6.97. The first-order valence-corrected chi connectivity index (χ1v) is 9.82. The third-order valence-corrected chi connectivity index (χ3v) is 5.14. The van der Waals surface area contributed by atoms with Crippen molar-refractivity contribution in [2.45, 2.75) is 6.54 Å². The molecule has 0 bridgehead atoms. The number of hydrogen-bond acceptors (Lipinski definition) is 4. The Hall–Kier alpha value is -2.75. The molecule has 0 amide bonds. The van der Waals surface area contributed by atoms with Crippen LogP contribution in [0, 0.1) is 0 Å². The van der Waals surface area contributed by atoms with Crippen LogP contribution in [-0.4, -0.2) is 59.2 Å². The van der Waals surface area contributed by atoms with Gasteiger partial charge in [-0.15, -0.1) is 24.0 Å². The van der Waals surface area contributed by atoms with Gasteiger partial charge < -0.3 is 25.2 Å². The number of imidazole rings is 1. The largest absolute Gasteiger partial charge is 0.506 e. The SMILES string of the molecule is CN=C(NCc1ncc(-c2ccccc2)[nH]1)N1CCN(c2ccccc2O)CC1.I. The number of piperazine rings is 1. The van der Waals surface area contributed by atoms with E-state index in [4.69, 9.17) is 0 Å². The van der Waals surface area contributed by atoms with Crippen LogP contribution in [-0.2, 0) is 6.54 Å².